The van der Waals surface area contributed by atoms with Crippen molar-refractivity contribution in [1.29, 1.82) is 0 Å². The summed E-state index contributed by atoms with van der Waals surface area (Å²) >= 11 is 0. The summed E-state index contributed by atoms with van der Waals surface area (Å²) in [7, 11) is 1.51. The lowest BCUT2D eigenvalue weighted by atomic mass is 10.1. The summed E-state index contributed by atoms with van der Waals surface area (Å²) in [5.41, 5.74) is 0.100. The van der Waals surface area contributed by atoms with Crippen LogP contribution in [0.15, 0.2) is 24.3 Å². The summed E-state index contributed by atoms with van der Waals surface area (Å²) in [5.74, 6) is -1.55. The van der Waals surface area contributed by atoms with Gasteiger partial charge in [-0.15, -0.1) is 0 Å². The normalized spacial score (nSPS) is 9.88. The topological polar surface area (TPSA) is 77.8 Å². The molecule has 0 saturated heterocycles. The molecule has 0 aliphatic carbocycles. The van der Waals surface area contributed by atoms with E-state index < -0.39 is 11.9 Å². The molecule has 5 nitrogen and oxygen atoms in total. The van der Waals surface area contributed by atoms with Crippen LogP contribution >= 0.6 is 0 Å². The largest absolute Gasteiger partial charge is 0.478 e. The Balaban J connectivity index is 3.03. The molecular formula is C11H13NO4. The fourth-order valence-electron chi connectivity index (χ4n) is 1.31. The lowest BCUT2D eigenvalue weighted by Gasteiger charge is -2.16. The van der Waals surface area contributed by atoms with Crippen LogP contribution in [-0.4, -0.2) is 47.2 Å². The van der Waals surface area contributed by atoms with E-state index in [0.29, 0.717) is 0 Å². The number of carbonyl (C=O) groups excluding carboxylic acids is 1. The Morgan fingerprint density at radius 3 is 2.31 bits per heavy atom. The van der Waals surface area contributed by atoms with Gasteiger partial charge in [-0.1, -0.05) is 12.1 Å². The van der Waals surface area contributed by atoms with Gasteiger partial charge in [0.25, 0.3) is 5.91 Å². The van der Waals surface area contributed by atoms with Crippen molar-refractivity contribution in [2.45, 2.75) is 0 Å². The van der Waals surface area contributed by atoms with Gasteiger partial charge in [-0.2, -0.15) is 0 Å². The van der Waals surface area contributed by atoms with Crippen LogP contribution in [-0.2, 0) is 0 Å². The van der Waals surface area contributed by atoms with E-state index in [2.05, 4.69) is 0 Å². The number of nitrogens with zero attached hydrogens (tertiary/aromatic N) is 1. The number of benzene rings is 1. The number of carboxylic acids is 1. The Kier molecular flexibility index (Phi) is 4.02. The molecule has 5 heteroatoms. The molecule has 0 atom stereocenters. The molecule has 1 aromatic carbocycles. The van der Waals surface area contributed by atoms with Gasteiger partial charge in [0.2, 0.25) is 0 Å². The summed E-state index contributed by atoms with van der Waals surface area (Å²) in [6, 6.07) is 6.00. The van der Waals surface area contributed by atoms with Crippen molar-refractivity contribution < 1.29 is 19.8 Å². The van der Waals surface area contributed by atoms with Crippen LogP contribution in [0.1, 0.15) is 20.7 Å². The second kappa shape index (κ2) is 5.27. The van der Waals surface area contributed by atoms with Gasteiger partial charge < -0.3 is 15.1 Å². The Morgan fingerprint density at radius 1 is 1.25 bits per heavy atom. The van der Waals surface area contributed by atoms with E-state index in [4.69, 9.17) is 10.2 Å². The van der Waals surface area contributed by atoms with Crippen molar-refractivity contribution in [2.24, 2.45) is 0 Å². The lowest BCUT2D eigenvalue weighted by Crippen LogP contribution is -2.30. The molecule has 86 valence electrons. The second-order valence-electron chi connectivity index (χ2n) is 3.30. The third-order valence-corrected chi connectivity index (χ3v) is 2.17. The molecule has 0 aromatic heterocycles. The zero-order valence-corrected chi connectivity index (χ0v) is 8.88. The van der Waals surface area contributed by atoms with Crippen LogP contribution in [0.4, 0.5) is 0 Å². The summed E-state index contributed by atoms with van der Waals surface area (Å²) in [6.45, 7) is 0.0181. The highest BCUT2D eigenvalue weighted by Crippen LogP contribution is 2.11. The van der Waals surface area contributed by atoms with Crippen molar-refractivity contribution >= 4 is 11.9 Å². The van der Waals surface area contributed by atoms with Crippen molar-refractivity contribution in [2.75, 3.05) is 20.2 Å². The van der Waals surface area contributed by atoms with E-state index in [1.54, 1.807) is 12.1 Å². The average molecular weight is 223 g/mol. The van der Waals surface area contributed by atoms with Crippen LogP contribution < -0.4 is 0 Å². The van der Waals surface area contributed by atoms with E-state index in [1.165, 1.54) is 24.1 Å². The standard InChI is InChI=1S/C11H13NO4/c1-12(6-7-13)10(14)8-4-2-3-5-9(8)11(15)16/h2-5,13H,6-7H2,1H3,(H,15,16). The van der Waals surface area contributed by atoms with Gasteiger partial charge in [-0.25, -0.2) is 4.79 Å². The molecule has 0 heterocycles. The molecule has 1 aromatic rings. The number of hydrogen-bond acceptors (Lipinski definition) is 3. The highest BCUT2D eigenvalue weighted by Gasteiger charge is 2.18. The van der Waals surface area contributed by atoms with Gasteiger partial charge in [0.1, 0.15) is 0 Å². The number of aliphatic hydroxyl groups is 1. The van der Waals surface area contributed by atoms with Gasteiger partial charge in [0, 0.05) is 13.6 Å². The average Bonchev–Trinajstić information content (AvgIpc) is 2.28. The first-order valence-electron chi connectivity index (χ1n) is 4.76. The smallest absolute Gasteiger partial charge is 0.336 e. The highest BCUT2D eigenvalue weighted by atomic mass is 16.4. The molecule has 2 N–H and O–H groups in total. The molecule has 0 bridgehead atoms. The third kappa shape index (κ3) is 2.58. The first-order chi connectivity index (χ1) is 7.57. The SMILES string of the molecule is CN(CCO)C(=O)c1ccccc1C(=O)O. The maximum Gasteiger partial charge on any atom is 0.336 e. The number of aliphatic hydroxyl groups excluding tert-OH is 1. The summed E-state index contributed by atoms with van der Waals surface area (Å²) in [6.07, 6.45) is 0. The number of amides is 1. The molecule has 0 aliphatic heterocycles. The first kappa shape index (κ1) is 12.2. The second-order valence-corrected chi connectivity index (χ2v) is 3.30. The lowest BCUT2D eigenvalue weighted by molar-refractivity contribution is 0.0678. The van der Waals surface area contributed by atoms with Crippen molar-refractivity contribution in [3.8, 4) is 0 Å². The van der Waals surface area contributed by atoms with Crippen LogP contribution in [0, 0.1) is 0 Å². The Morgan fingerprint density at radius 2 is 1.81 bits per heavy atom. The van der Waals surface area contributed by atoms with Crippen molar-refractivity contribution in [1.82, 2.24) is 4.90 Å². The van der Waals surface area contributed by atoms with E-state index in [1.807, 2.05) is 0 Å². The van der Waals surface area contributed by atoms with E-state index in [-0.39, 0.29) is 24.3 Å². The number of aromatic carboxylic acids is 1. The highest BCUT2D eigenvalue weighted by molar-refractivity contribution is 6.04. The number of carbonyl (C=O) groups is 2. The summed E-state index contributed by atoms with van der Waals surface area (Å²) in [4.78, 5) is 24.0. The Bertz CT molecular complexity index is 403. The predicted molar refractivity (Wildman–Crippen MR) is 57.4 cm³/mol. The molecule has 0 fully saturated rings. The molecular weight excluding hydrogens is 210 g/mol. The fourth-order valence-corrected chi connectivity index (χ4v) is 1.31. The summed E-state index contributed by atoms with van der Waals surface area (Å²) < 4.78 is 0. The third-order valence-electron chi connectivity index (χ3n) is 2.17. The minimum Gasteiger partial charge on any atom is -0.478 e. The molecule has 0 unspecified atom stereocenters. The molecule has 0 spiro atoms. The fraction of sp³-hybridized carbons (Fsp3) is 0.273. The van der Waals surface area contributed by atoms with Gasteiger partial charge in [0.15, 0.2) is 0 Å². The summed E-state index contributed by atoms with van der Waals surface area (Å²) in [5, 5.41) is 17.6. The minimum absolute atomic E-state index is 0.0303. The molecule has 0 saturated carbocycles. The molecule has 0 aliphatic rings. The predicted octanol–water partition coefficient (Wildman–Crippen LogP) is 0.449. The Hall–Kier alpha value is -1.88. The number of carboxylic acid groups (broad SMARTS) is 1. The van der Waals surface area contributed by atoms with E-state index >= 15 is 0 Å². The maximum atomic E-state index is 11.8. The number of likely N-dealkylation sites (N-methyl/N-ethyl adjacent to an activating group) is 1. The zero-order chi connectivity index (χ0) is 12.1. The van der Waals surface area contributed by atoms with Crippen LogP contribution in [0.25, 0.3) is 0 Å². The molecule has 1 amide bonds. The van der Waals surface area contributed by atoms with Gasteiger partial charge in [0.05, 0.1) is 17.7 Å². The van der Waals surface area contributed by atoms with Gasteiger partial charge in [-0.05, 0) is 12.1 Å². The maximum absolute atomic E-state index is 11.8. The molecule has 1 rings (SSSR count). The first-order valence-corrected chi connectivity index (χ1v) is 4.76. The van der Waals surface area contributed by atoms with Gasteiger partial charge in [-0.3, -0.25) is 4.79 Å². The van der Waals surface area contributed by atoms with E-state index in [0.717, 1.165) is 0 Å². The van der Waals surface area contributed by atoms with Crippen LogP contribution in [0.5, 0.6) is 0 Å². The van der Waals surface area contributed by atoms with Crippen molar-refractivity contribution in [3.63, 3.8) is 0 Å². The number of hydrogen-bond donors (Lipinski definition) is 2. The van der Waals surface area contributed by atoms with Gasteiger partial charge >= 0.3 is 5.97 Å². The number of rotatable bonds is 4. The van der Waals surface area contributed by atoms with E-state index in [9.17, 15) is 9.59 Å². The van der Waals surface area contributed by atoms with Crippen LogP contribution in [0.3, 0.4) is 0 Å². The minimum atomic E-state index is -1.14. The van der Waals surface area contributed by atoms with Crippen LogP contribution in [0.2, 0.25) is 0 Å². The molecule has 0 radical (unpaired) electrons. The Labute approximate surface area is 92.9 Å². The molecule has 16 heavy (non-hydrogen) atoms. The monoisotopic (exact) mass is 223 g/mol. The quantitative estimate of drug-likeness (QED) is 0.776. The zero-order valence-electron chi connectivity index (χ0n) is 8.88. The van der Waals surface area contributed by atoms with Crippen molar-refractivity contribution in [3.05, 3.63) is 35.4 Å².